The Morgan fingerprint density at radius 1 is 1.15 bits per heavy atom. The molecule has 5 heteroatoms. The topological polar surface area (TPSA) is 53.1 Å². The van der Waals surface area contributed by atoms with E-state index in [9.17, 15) is 14.3 Å². The fourth-order valence-electron chi connectivity index (χ4n) is 2.01. The van der Waals surface area contributed by atoms with E-state index in [0.717, 1.165) is 10.3 Å². The summed E-state index contributed by atoms with van der Waals surface area (Å²) in [5.41, 5.74) is 0.953. The van der Waals surface area contributed by atoms with Gasteiger partial charge in [-0.3, -0.25) is 0 Å². The molecule has 0 fully saturated rings. The van der Waals surface area contributed by atoms with E-state index < -0.39 is 5.97 Å². The highest BCUT2D eigenvalue weighted by Crippen LogP contribution is 2.35. The van der Waals surface area contributed by atoms with Crippen LogP contribution >= 0.6 is 11.8 Å². The number of carboxylic acid groups (broad SMARTS) is 1. The average molecular weight is 287 g/mol. The van der Waals surface area contributed by atoms with Gasteiger partial charge < -0.3 is 10.1 Å². The molecule has 0 amide bonds. The first kappa shape index (κ1) is 12.7. The Balaban J connectivity index is 2.04. The van der Waals surface area contributed by atoms with Crippen molar-refractivity contribution >= 4 is 28.6 Å². The molecule has 2 N–H and O–H groups in total. The van der Waals surface area contributed by atoms with Gasteiger partial charge in [-0.15, -0.1) is 0 Å². The largest absolute Gasteiger partial charge is 0.478 e. The van der Waals surface area contributed by atoms with Crippen LogP contribution in [0.3, 0.4) is 0 Å². The van der Waals surface area contributed by atoms with Gasteiger partial charge >= 0.3 is 5.97 Å². The van der Waals surface area contributed by atoms with Crippen LogP contribution < -0.4 is 0 Å². The lowest BCUT2D eigenvalue weighted by Gasteiger charge is -2.04. The first-order valence-corrected chi connectivity index (χ1v) is 6.73. The maximum Gasteiger partial charge on any atom is 0.336 e. The van der Waals surface area contributed by atoms with Crippen LogP contribution in [-0.4, -0.2) is 16.1 Å². The molecule has 0 bridgehead atoms. The summed E-state index contributed by atoms with van der Waals surface area (Å²) in [6.07, 6.45) is 1.76. The highest BCUT2D eigenvalue weighted by molar-refractivity contribution is 7.99. The summed E-state index contributed by atoms with van der Waals surface area (Å²) in [7, 11) is 0. The molecule has 1 heterocycles. The molecule has 0 saturated heterocycles. The minimum atomic E-state index is -0.959. The van der Waals surface area contributed by atoms with E-state index in [-0.39, 0.29) is 11.4 Å². The summed E-state index contributed by atoms with van der Waals surface area (Å²) in [4.78, 5) is 15.7. The normalized spacial score (nSPS) is 10.8. The average Bonchev–Trinajstić information content (AvgIpc) is 2.81. The molecule has 0 spiro atoms. The van der Waals surface area contributed by atoms with E-state index in [0.29, 0.717) is 10.4 Å². The number of carbonyl (C=O) groups is 1. The minimum Gasteiger partial charge on any atom is -0.478 e. The molecule has 0 radical (unpaired) electrons. The maximum atomic E-state index is 13.1. The zero-order valence-corrected chi connectivity index (χ0v) is 11.1. The van der Waals surface area contributed by atoms with Crippen molar-refractivity contribution in [2.75, 3.05) is 0 Å². The molecule has 3 nitrogen and oxygen atoms in total. The number of rotatable bonds is 3. The molecule has 0 aliphatic rings. The highest BCUT2D eigenvalue weighted by Gasteiger charge is 2.12. The van der Waals surface area contributed by atoms with Gasteiger partial charge in [0.05, 0.1) is 5.56 Å². The van der Waals surface area contributed by atoms with Crippen LogP contribution in [-0.2, 0) is 0 Å². The van der Waals surface area contributed by atoms with Crippen molar-refractivity contribution < 1.29 is 14.3 Å². The number of benzene rings is 2. The Morgan fingerprint density at radius 3 is 2.75 bits per heavy atom. The SMILES string of the molecule is O=C(O)c1ccccc1Sc1c[nH]c2cc(F)ccc12. The minimum absolute atomic E-state index is 0.258. The third-order valence-electron chi connectivity index (χ3n) is 2.94. The van der Waals surface area contributed by atoms with Gasteiger partial charge in [0.1, 0.15) is 5.82 Å². The van der Waals surface area contributed by atoms with E-state index in [2.05, 4.69) is 4.98 Å². The van der Waals surface area contributed by atoms with E-state index in [4.69, 9.17) is 0 Å². The standard InChI is InChI=1S/C15H10FNO2S/c16-9-5-6-10-12(7-9)17-8-14(10)20-13-4-2-1-3-11(13)15(18)19/h1-8,17H,(H,18,19). The second-order valence-corrected chi connectivity index (χ2v) is 5.33. The summed E-state index contributed by atoms with van der Waals surface area (Å²) < 4.78 is 13.1. The van der Waals surface area contributed by atoms with E-state index >= 15 is 0 Å². The van der Waals surface area contributed by atoms with Gasteiger partial charge in [-0.05, 0) is 30.3 Å². The van der Waals surface area contributed by atoms with Gasteiger partial charge in [-0.1, -0.05) is 23.9 Å². The first-order chi connectivity index (χ1) is 9.65. The lowest BCUT2D eigenvalue weighted by atomic mass is 10.2. The summed E-state index contributed by atoms with van der Waals surface area (Å²) in [5.74, 6) is -1.26. The number of H-pyrrole nitrogens is 1. The van der Waals surface area contributed by atoms with Crippen LogP contribution in [0.25, 0.3) is 10.9 Å². The number of aromatic amines is 1. The lowest BCUT2D eigenvalue weighted by Crippen LogP contribution is -1.97. The molecule has 3 aromatic rings. The molecule has 0 aliphatic carbocycles. The maximum absolute atomic E-state index is 13.1. The molecular formula is C15H10FNO2S. The molecule has 0 unspecified atom stereocenters. The lowest BCUT2D eigenvalue weighted by molar-refractivity contribution is 0.0693. The van der Waals surface area contributed by atoms with Crippen molar-refractivity contribution in [2.24, 2.45) is 0 Å². The van der Waals surface area contributed by atoms with Crippen LogP contribution in [0, 0.1) is 5.82 Å². The van der Waals surface area contributed by atoms with Crippen LogP contribution in [0.15, 0.2) is 58.5 Å². The van der Waals surface area contributed by atoms with Gasteiger partial charge in [0.2, 0.25) is 0 Å². The number of hydrogen-bond donors (Lipinski definition) is 2. The fourth-order valence-corrected chi connectivity index (χ4v) is 3.06. The Kier molecular flexibility index (Phi) is 3.20. The summed E-state index contributed by atoms with van der Waals surface area (Å²) >= 11 is 1.35. The van der Waals surface area contributed by atoms with Gasteiger partial charge in [-0.25, -0.2) is 9.18 Å². The molecule has 0 aliphatic heterocycles. The second kappa shape index (κ2) is 5.02. The third-order valence-corrected chi connectivity index (χ3v) is 4.08. The number of aromatic carboxylic acids is 1. The third kappa shape index (κ3) is 2.28. The number of nitrogens with one attached hydrogen (secondary N) is 1. The van der Waals surface area contributed by atoms with Gasteiger partial charge in [0.25, 0.3) is 0 Å². The molecule has 20 heavy (non-hydrogen) atoms. The molecule has 100 valence electrons. The van der Waals surface area contributed by atoms with E-state index in [1.807, 2.05) is 0 Å². The van der Waals surface area contributed by atoms with Crippen molar-refractivity contribution in [1.82, 2.24) is 4.98 Å². The number of fused-ring (bicyclic) bond motifs is 1. The van der Waals surface area contributed by atoms with Crippen LogP contribution in [0.2, 0.25) is 0 Å². The highest BCUT2D eigenvalue weighted by atomic mass is 32.2. The number of halogens is 1. The molecule has 3 rings (SSSR count). The summed E-state index contributed by atoms with van der Waals surface area (Å²) in [6, 6.07) is 11.3. The van der Waals surface area contributed by atoms with Crippen LogP contribution in [0.1, 0.15) is 10.4 Å². The van der Waals surface area contributed by atoms with Crippen molar-refractivity contribution in [3.8, 4) is 0 Å². The quantitative estimate of drug-likeness (QED) is 0.760. The Bertz CT molecular complexity index is 797. The molecule has 0 saturated carbocycles. The fraction of sp³-hybridized carbons (Fsp3) is 0. The molecule has 2 aromatic carbocycles. The molecule has 1 aromatic heterocycles. The van der Waals surface area contributed by atoms with Gasteiger partial charge in [-0.2, -0.15) is 0 Å². The van der Waals surface area contributed by atoms with E-state index in [1.165, 1.54) is 23.9 Å². The zero-order valence-electron chi connectivity index (χ0n) is 10.3. The summed E-state index contributed by atoms with van der Waals surface area (Å²) in [5, 5.41) is 10.0. The van der Waals surface area contributed by atoms with Crippen molar-refractivity contribution in [3.05, 3.63) is 60.0 Å². The van der Waals surface area contributed by atoms with Crippen LogP contribution in [0.5, 0.6) is 0 Å². The zero-order chi connectivity index (χ0) is 14.1. The number of aromatic nitrogens is 1. The van der Waals surface area contributed by atoms with Gasteiger partial charge in [0, 0.05) is 26.9 Å². The monoisotopic (exact) mass is 287 g/mol. The van der Waals surface area contributed by atoms with Crippen molar-refractivity contribution in [2.45, 2.75) is 9.79 Å². The van der Waals surface area contributed by atoms with Crippen molar-refractivity contribution in [1.29, 1.82) is 0 Å². The van der Waals surface area contributed by atoms with Crippen molar-refractivity contribution in [3.63, 3.8) is 0 Å². The van der Waals surface area contributed by atoms with Crippen LogP contribution in [0.4, 0.5) is 4.39 Å². The predicted molar refractivity (Wildman–Crippen MR) is 75.8 cm³/mol. The first-order valence-electron chi connectivity index (χ1n) is 5.92. The summed E-state index contributed by atoms with van der Waals surface area (Å²) in [6.45, 7) is 0. The van der Waals surface area contributed by atoms with E-state index in [1.54, 1.807) is 36.5 Å². The Morgan fingerprint density at radius 2 is 1.95 bits per heavy atom. The number of carboxylic acids is 1. The smallest absolute Gasteiger partial charge is 0.336 e. The molecular weight excluding hydrogens is 277 g/mol. The Hall–Kier alpha value is -2.27. The number of hydrogen-bond acceptors (Lipinski definition) is 2. The predicted octanol–water partition coefficient (Wildman–Crippen LogP) is 4.16. The molecule has 0 atom stereocenters. The Labute approximate surface area is 118 Å². The van der Waals surface area contributed by atoms with Gasteiger partial charge in [0.15, 0.2) is 0 Å². The second-order valence-electron chi connectivity index (χ2n) is 4.25.